The van der Waals surface area contributed by atoms with Crippen LogP contribution in [0, 0.1) is 20.8 Å². The Morgan fingerprint density at radius 3 is 2.69 bits per heavy atom. The van der Waals surface area contributed by atoms with Gasteiger partial charge in [0.25, 0.3) is 0 Å². The number of hydrogen-bond donors (Lipinski definition) is 1. The van der Waals surface area contributed by atoms with Gasteiger partial charge in [-0.15, -0.1) is 0 Å². The van der Waals surface area contributed by atoms with E-state index in [-0.39, 0.29) is 18.9 Å². The maximum Gasteiger partial charge on any atom is 0.354 e. The van der Waals surface area contributed by atoms with E-state index in [9.17, 15) is 9.90 Å². The second kappa shape index (κ2) is 11.8. The van der Waals surface area contributed by atoms with Gasteiger partial charge in [0.15, 0.2) is 6.29 Å². The first-order valence-corrected chi connectivity index (χ1v) is 13.0. The minimum absolute atomic E-state index is 0.0746. The molecule has 1 aromatic carbocycles. The summed E-state index contributed by atoms with van der Waals surface area (Å²) in [5, 5.41) is 15.6. The number of aliphatic hydroxyl groups is 1. The van der Waals surface area contributed by atoms with E-state index in [0.29, 0.717) is 36.8 Å². The average molecular weight is 518 g/mol. The Balaban J connectivity index is 1.77. The van der Waals surface area contributed by atoms with Crippen LogP contribution in [0.25, 0.3) is 22.2 Å². The highest BCUT2D eigenvalue weighted by atomic mass is 35.5. The number of ether oxygens (including phenoxy) is 3. The molecule has 0 bridgehead atoms. The monoisotopic (exact) mass is 517 g/mol. The summed E-state index contributed by atoms with van der Waals surface area (Å²) in [6.07, 6.45) is 4.29. The molecule has 8 nitrogen and oxygen atoms in total. The normalized spacial score (nSPS) is 16.1. The van der Waals surface area contributed by atoms with E-state index >= 15 is 0 Å². The van der Waals surface area contributed by atoms with Crippen LogP contribution in [-0.4, -0.2) is 58.6 Å². The molecule has 36 heavy (non-hydrogen) atoms. The number of benzene rings is 1. The fourth-order valence-corrected chi connectivity index (χ4v) is 5.33. The van der Waals surface area contributed by atoms with Crippen LogP contribution in [-0.2, 0) is 27.3 Å². The number of hydrogen-bond acceptors (Lipinski definition) is 6. The molecule has 0 aliphatic carbocycles. The summed E-state index contributed by atoms with van der Waals surface area (Å²) in [7, 11) is 1.40. The van der Waals surface area contributed by atoms with E-state index in [1.165, 1.54) is 7.11 Å². The molecule has 1 N–H and O–H groups in total. The third-order valence-electron chi connectivity index (χ3n) is 6.96. The lowest BCUT2D eigenvalue weighted by Crippen LogP contribution is -2.23. The molecule has 0 amide bonds. The number of methoxy groups -OCH3 is 1. The number of carbonyl (C=O) groups excluding carboxylic acids is 1. The largest absolute Gasteiger partial charge is 0.464 e. The van der Waals surface area contributed by atoms with Gasteiger partial charge in [-0.3, -0.25) is 4.68 Å². The lowest BCUT2D eigenvalue weighted by atomic mass is 9.99. The predicted molar refractivity (Wildman–Crippen MR) is 140 cm³/mol. The standard InChI is InChI=1S/C27H36ClN3O5/c1-17-19(3)29-31(13-7-14-32)25(17)24-20(28)10-11-21-23(24)18(2)26(27(33)34-4)30(21)12-8-16-36-22-9-5-6-15-35-22/h10-11,22,32H,5-9,12-16H2,1-4H3. The van der Waals surface area contributed by atoms with Crippen LogP contribution in [0.15, 0.2) is 12.1 Å². The molecule has 0 radical (unpaired) electrons. The third kappa shape index (κ3) is 5.18. The average Bonchev–Trinajstić information content (AvgIpc) is 3.33. The Kier molecular flexibility index (Phi) is 8.72. The quantitative estimate of drug-likeness (QED) is 0.294. The minimum atomic E-state index is -0.385. The second-order valence-electron chi connectivity index (χ2n) is 9.31. The van der Waals surface area contributed by atoms with Gasteiger partial charge >= 0.3 is 5.97 Å². The maximum atomic E-state index is 12.9. The lowest BCUT2D eigenvalue weighted by molar-refractivity contribution is -0.162. The Hall–Kier alpha value is -2.39. The number of nitrogens with zero attached hydrogens (tertiary/aromatic N) is 3. The van der Waals surface area contributed by atoms with Crippen molar-refractivity contribution in [2.75, 3.05) is 26.9 Å². The molecule has 1 unspecified atom stereocenters. The van der Waals surface area contributed by atoms with Gasteiger partial charge in [-0.25, -0.2) is 4.79 Å². The molecule has 1 aliphatic heterocycles. The molecule has 4 rings (SSSR count). The lowest BCUT2D eigenvalue weighted by Gasteiger charge is -2.22. The highest BCUT2D eigenvalue weighted by molar-refractivity contribution is 6.35. The van der Waals surface area contributed by atoms with Crippen LogP contribution in [0.2, 0.25) is 5.02 Å². The molecule has 0 saturated carbocycles. The minimum Gasteiger partial charge on any atom is -0.464 e. The number of rotatable bonds is 10. The molecule has 196 valence electrons. The van der Waals surface area contributed by atoms with Crippen molar-refractivity contribution in [3.8, 4) is 11.3 Å². The van der Waals surface area contributed by atoms with Crippen molar-refractivity contribution in [1.82, 2.24) is 14.3 Å². The molecule has 9 heteroatoms. The van der Waals surface area contributed by atoms with Crippen molar-refractivity contribution < 1.29 is 24.1 Å². The van der Waals surface area contributed by atoms with Crippen molar-refractivity contribution in [3.05, 3.63) is 39.7 Å². The maximum absolute atomic E-state index is 12.9. The van der Waals surface area contributed by atoms with Crippen LogP contribution in [0.3, 0.4) is 0 Å². The first-order chi connectivity index (χ1) is 17.4. The van der Waals surface area contributed by atoms with E-state index in [0.717, 1.165) is 71.3 Å². The van der Waals surface area contributed by atoms with Crippen LogP contribution in [0.5, 0.6) is 0 Å². The smallest absolute Gasteiger partial charge is 0.354 e. The molecule has 2 aromatic heterocycles. The SMILES string of the molecule is COC(=O)c1c(C)c2c(-c3c(C)c(C)nn3CCCO)c(Cl)ccc2n1CCCOC1CCCCO1. The summed E-state index contributed by atoms with van der Waals surface area (Å²) >= 11 is 6.83. The van der Waals surface area contributed by atoms with Gasteiger partial charge < -0.3 is 23.9 Å². The molecule has 1 aliphatic rings. The molecule has 1 saturated heterocycles. The Labute approximate surface area is 217 Å². The zero-order valence-electron chi connectivity index (χ0n) is 21.6. The zero-order chi connectivity index (χ0) is 25.8. The van der Waals surface area contributed by atoms with Gasteiger partial charge in [0.05, 0.1) is 30.1 Å². The summed E-state index contributed by atoms with van der Waals surface area (Å²) in [4.78, 5) is 12.9. The van der Waals surface area contributed by atoms with Crippen molar-refractivity contribution in [1.29, 1.82) is 0 Å². The van der Waals surface area contributed by atoms with E-state index in [1.807, 2.05) is 42.2 Å². The fourth-order valence-electron chi connectivity index (χ4n) is 5.09. The van der Waals surface area contributed by atoms with Gasteiger partial charge in [0, 0.05) is 42.8 Å². The van der Waals surface area contributed by atoms with Gasteiger partial charge in [-0.05, 0) is 76.1 Å². The predicted octanol–water partition coefficient (Wildman–Crippen LogP) is 5.19. The number of fused-ring (bicyclic) bond motifs is 1. The Morgan fingerprint density at radius 1 is 1.19 bits per heavy atom. The highest BCUT2D eigenvalue weighted by Crippen LogP contribution is 2.41. The third-order valence-corrected chi connectivity index (χ3v) is 7.28. The van der Waals surface area contributed by atoms with Crippen molar-refractivity contribution in [2.45, 2.75) is 72.3 Å². The molecular weight excluding hydrogens is 482 g/mol. The summed E-state index contributed by atoms with van der Waals surface area (Å²) in [5.41, 5.74) is 5.93. The molecule has 3 aromatic rings. The van der Waals surface area contributed by atoms with Crippen molar-refractivity contribution in [2.24, 2.45) is 0 Å². The topological polar surface area (TPSA) is 87.7 Å². The Morgan fingerprint density at radius 2 is 2.00 bits per heavy atom. The molecule has 3 heterocycles. The number of esters is 1. The molecule has 1 fully saturated rings. The van der Waals surface area contributed by atoms with E-state index in [4.69, 9.17) is 30.9 Å². The van der Waals surface area contributed by atoms with Gasteiger partial charge in [0.2, 0.25) is 0 Å². The molecule has 1 atom stereocenters. The Bertz CT molecular complexity index is 1230. The van der Waals surface area contributed by atoms with E-state index in [1.54, 1.807) is 0 Å². The number of halogens is 1. The van der Waals surface area contributed by atoms with E-state index < -0.39 is 0 Å². The summed E-state index contributed by atoms with van der Waals surface area (Å²) in [5.74, 6) is -0.385. The first-order valence-electron chi connectivity index (χ1n) is 12.7. The van der Waals surface area contributed by atoms with Crippen molar-refractivity contribution in [3.63, 3.8) is 0 Å². The van der Waals surface area contributed by atoms with Crippen LogP contribution in [0.1, 0.15) is 59.4 Å². The summed E-state index contributed by atoms with van der Waals surface area (Å²) in [6, 6.07) is 3.84. The number of carbonyl (C=O) groups is 1. The van der Waals surface area contributed by atoms with Gasteiger partial charge in [0.1, 0.15) is 5.69 Å². The zero-order valence-corrected chi connectivity index (χ0v) is 22.4. The molecule has 0 spiro atoms. The summed E-state index contributed by atoms with van der Waals surface area (Å²) < 4.78 is 20.7. The fraction of sp³-hybridized carbons (Fsp3) is 0.556. The number of aryl methyl sites for hydroxylation is 4. The van der Waals surface area contributed by atoms with Crippen LogP contribution < -0.4 is 0 Å². The second-order valence-corrected chi connectivity index (χ2v) is 9.72. The molecular formula is C27H36ClN3O5. The summed E-state index contributed by atoms with van der Waals surface area (Å²) in [6.45, 7) is 8.45. The number of aliphatic hydroxyl groups excluding tert-OH is 1. The van der Waals surface area contributed by atoms with E-state index in [2.05, 4.69) is 0 Å². The highest BCUT2D eigenvalue weighted by Gasteiger charge is 2.27. The first kappa shape index (κ1) is 26.7. The van der Waals surface area contributed by atoms with Crippen LogP contribution in [0.4, 0.5) is 0 Å². The van der Waals surface area contributed by atoms with Crippen molar-refractivity contribution >= 4 is 28.5 Å². The van der Waals surface area contributed by atoms with Gasteiger partial charge in [-0.1, -0.05) is 11.6 Å². The number of aromatic nitrogens is 3. The van der Waals surface area contributed by atoms with Gasteiger partial charge in [-0.2, -0.15) is 5.10 Å². The van der Waals surface area contributed by atoms with Crippen LogP contribution >= 0.6 is 11.6 Å².